The van der Waals surface area contributed by atoms with E-state index in [1.165, 1.54) is 27.8 Å². The van der Waals surface area contributed by atoms with Crippen molar-refractivity contribution < 1.29 is 0 Å². The van der Waals surface area contributed by atoms with E-state index in [1.54, 1.807) is 0 Å². The molecular weight excluding hydrogens is 432 g/mol. The first kappa shape index (κ1) is 21.9. The smallest absolute Gasteiger partial charge is 0.0418 e. The van der Waals surface area contributed by atoms with E-state index in [4.69, 9.17) is 11.6 Å². The molecule has 0 aliphatic carbocycles. The summed E-state index contributed by atoms with van der Waals surface area (Å²) < 4.78 is 0. The third kappa shape index (κ3) is 5.20. The van der Waals surface area contributed by atoms with Gasteiger partial charge in [0.05, 0.1) is 0 Å². The van der Waals surface area contributed by atoms with Gasteiger partial charge >= 0.3 is 0 Å². The van der Waals surface area contributed by atoms with Gasteiger partial charge in [-0.3, -0.25) is 0 Å². The van der Waals surface area contributed by atoms with Crippen molar-refractivity contribution in [2.75, 3.05) is 0 Å². The number of hydrogen-bond donors (Lipinski definition) is 0. The Kier molecular flexibility index (Phi) is 6.70. The van der Waals surface area contributed by atoms with Gasteiger partial charge in [0.15, 0.2) is 0 Å². The molecule has 0 aromatic heterocycles. The fraction of sp³-hybridized carbons (Fsp3) is 0.0303. The van der Waals surface area contributed by atoms with E-state index in [0.29, 0.717) is 0 Å². The van der Waals surface area contributed by atoms with E-state index in [-0.39, 0.29) is 0 Å². The lowest BCUT2D eigenvalue weighted by Crippen LogP contribution is -1.92. The molecule has 0 saturated heterocycles. The summed E-state index contributed by atoms with van der Waals surface area (Å²) in [6, 6.07) is 46.6. The predicted octanol–water partition coefficient (Wildman–Crippen LogP) is 9.35. The first-order valence-electron chi connectivity index (χ1n) is 11.5. The van der Waals surface area contributed by atoms with Crippen LogP contribution in [0.15, 0.2) is 140 Å². The molecule has 5 aromatic rings. The number of benzene rings is 5. The maximum absolute atomic E-state index is 6.65. The second-order valence-corrected chi connectivity index (χ2v) is 8.78. The van der Waals surface area contributed by atoms with Crippen molar-refractivity contribution in [1.82, 2.24) is 0 Å². The molecule has 0 unspecified atom stereocenters. The fourth-order valence-corrected chi connectivity index (χ4v) is 4.49. The van der Waals surface area contributed by atoms with Gasteiger partial charge < -0.3 is 0 Å². The van der Waals surface area contributed by atoms with Crippen molar-refractivity contribution in [2.45, 2.75) is 6.42 Å². The van der Waals surface area contributed by atoms with Crippen LogP contribution in [-0.2, 0) is 6.42 Å². The van der Waals surface area contributed by atoms with Crippen molar-refractivity contribution in [3.63, 3.8) is 0 Å². The summed E-state index contributed by atoms with van der Waals surface area (Å²) in [5, 5.41) is 0.737. The van der Waals surface area contributed by atoms with Crippen LogP contribution >= 0.6 is 11.6 Å². The average molecular weight is 457 g/mol. The Bertz CT molecular complexity index is 1380. The van der Waals surface area contributed by atoms with Gasteiger partial charge in [-0.15, -0.1) is 0 Å². The fourth-order valence-electron chi connectivity index (χ4n) is 4.25. The van der Waals surface area contributed by atoms with Crippen molar-refractivity contribution >= 4 is 17.2 Å². The van der Waals surface area contributed by atoms with Crippen LogP contribution in [0.3, 0.4) is 0 Å². The molecule has 0 atom stereocenters. The van der Waals surface area contributed by atoms with Gasteiger partial charge in [0.1, 0.15) is 0 Å². The highest BCUT2D eigenvalue weighted by Crippen LogP contribution is 2.32. The van der Waals surface area contributed by atoms with Crippen LogP contribution in [-0.4, -0.2) is 0 Å². The molecule has 1 heteroatoms. The standard InChI is InChI=1S/C33H25Cl/c34-32-23-30(28-19-17-27(18-20-28)26-12-6-2-7-13-26)22-31(24-32)33(29-14-8-3-9-15-29)21-16-25-10-4-1-5-11-25/h1-15,17-24H,16H2/b33-21-. The highest BCUT2D eigenvalue weighted by molar-refractivity contribution is 6.31. The molecule has 0 amide bonds. The molecule has 0 nitrogen and oxygen atoms in total. The van der Waals surface area contributed by atoms with Gasteiger partial charge in [0.25, 0.3) is 0 Å². The lowest BCUT2D eigenvalue weighted by molar-refractivity contribution is 1.27. The largest absolute Gasteiger partial charge is 0.0843 e. The van der Waals surface area contributed by atoms with Gasteiger partial charge in [-0.2, -0.15) is 0 Å². The summed E-state index contributed by atoms with van der Waals surface area (Å²) in [6.07, 6.45) is 3.16. The van der Waals surface area contributed by atoms with Crippen LogP contribution in [0.5, 0.6) is 0 Å². The summed E-state index contributed by atoms with van der Waals surface area (Å²) in [5.74, 6) is 0. The Morgan fingerprint density at radius 3 is 1.68 bits per heavy atom. The van der Waals surface area contributed by atoms with Crippen LogP contribution in [0.25, 0.3) is 27.8 Å². The molecule has 164 valence electrons. The zero-order valence-corrected chi connectivity index (χ0v) is 19.6. The van der Waals surface area contributed by atoms with Gasteiger partial charge in [0, 0.05) is 5.02 Å². The minimum absolute atomic E-state index is 0.737. The van der Waals surface area contributed by atoms with Crippen LogP contribution < -0.4 is 0 Å². The van der Waals surface area contributed by atoms with Crippen LogP contribution in [0.1, 0.15) is 16.7 Å². The van der Waals surface area contributed by atoms with E-state index >= 15 is 0 Å². The first-order chi connectivity index (χ1) is 16.8. The summed E-state index contributed by atoms with van der Waals surface area (Å²) in [4.78, 5) is 0. The highest BCUT2D eigenvalue weighted by Gasteiger charge is 2.10. The molecule has 5 aromatic carbocycles. The van der Waals surface area contributed by atoms with Crippen molar-refractivity contribution in [1.29, 1.82) is 0 Å². The Balaban J connectivity index is 1.53. The molecule has 0 heterocycles. The Labute approximate surface area is 206 Å². The lowest BCUT2D eigenvalue weighted by Gasteiger charge is -2.13. The van der Waals surface area contributed by atoms with E-state index in [0.717, 1.165) is 28.1 Å². The van der Waals surface area contributed by atoms with Crippen molar-refractivity contribution in [3.8, 4) is 22.3 Å². The third-order valence-corrected chi connectivity index (χ3v) is 6.22. The molecule has 0 aliphatic heterocycles. The van der Waals surface area contributed by atoms with Crippen molar-refractivity contribution in [3.05, 3.63) is 161 Å². The number of hydrogen-bond acceptors (Lipinski definition) is 0. The Morgan fingerprint density at radius 2 is 1.03 bits per heavy atom. The van der Waals surface area contributed by atoms with Gasteiger partial charge in [0.2, 0.25) is 0 Å². The molecule has 0 fully saturated rings. The second-order valence-electron chi connectivity index (χ2n) is 8.35. The topological polar surface area (TPSA) is 0 Å². The quantitative estimate of drug-likeness (QED) is 0.238. The normalized spacial score (nSPS) is 11.4. The van der Waals surface area contributed by atoms with E-state index < -0.39 is 0 Å². The molecule has 0 bridgehead atoms. The molecule has 0 N–H and O–H groups in total. The Hall–Kier alpha value is -3.87. The summed E-state index contributed by atoms with van der Waals surface area (Å²) in [7, 11) is 0. The summed E-state index contributed by atoms with van der Waals surface area (Å²) in [6.45, 7) is 0. The summed E-state index contributed by atoms with van der Waals surface area (Å²) in [5.41, 5.74) is 9.48. The maximum Gasteiger partial charge on any atom is 0.0418 e. The lowest BCUT2D eigenvalue weighted by atomic mass is 9.92. The minimum Gasteiger partial charge on any atom is -0.0843 e. The van der Waals surface area contributed by atoms with E-state index in [1.807, 2.05) is 12.1 Å². The monoisotopic (exact) mass is 456 g/mol. The van der Waals surface area contributed by atoms with Gasteiger partial charge in [-0.25, -0.2) is 0 Å². The second kappa shape index (κ2) is 10.4. The Morgan fingerprint density at radius 1 is 0.500 bits per heavy atom. The van der Waals surface area contributed by atoms with Crippen LogP contribution in [0.2, 0.25) is 5.02 Å². The SMILES string of the molecule is Clc1cc(/C(=C\Cc2ccccc2)c2ccccc2)cc(-c2ccc(-c3ccccc3)cc2)c1. The average Bonchev–Trinajstić information content (AvgIpc) is 2.90. The van der Waals surface area contributed by atoms with Gasteiger partial charge in [-0.1, -0.05) is 133 Å². The molecule has 5 rings (SSSR count). The molecule has 0 radical (unpaired) electrons. The minimum atomic E-state index is 0.737. The van der Waals surface area contributed by atoms with Gasteiger partial charge in [-0.05, 0) is 69.1 Å². The molecule has 0 saturated carbocycles. The van der Waals surface area contributed by atoms with Crippen molar-refractivity contribution in [2.24, 2.45) is 0 Å². The first-order valence-corrected chi connectivity index (χ1v) is 11.9. The number of allylic oxidation sites excluding steroid dienone is 1. The van der Waals surface area contributed by atoms with E-state index in [9.17, 15) is 0 Å². The third-order valence-electron chi connectivity index (χ3n) is 6.00. The predicted molar refractivity (Wildman–Crippen MR) is 146 cm³/mol. The maximum atomic E-state index is 6.65. The number of halogens is 1. The highest BCUT2D eigenvalue weighted by atomic mass is 35.5. The number of rotatable bonds is 6. The van der Waals surface area contributed by atoms with E-state index in [2.05, 4.69) is 127 Å². The molecular formula is C33H25Cl. The summed E-state index contributed by atoms with van der Waals surface area (Å²) >= 11 is 6.65. The van der Waals surface area contributed by atoms with Crippen LogP contribution in [0.4, 0.5) is 0 Å². The van der Waals surface area contributed by atoms with Crippen LogP contribution in [0, 0.1) is 0 Å². The molecule has 34 heavy (non-hydrogen) atoms. The zero-order chi connectivity index (χ0) is 23.2. The zero-order valence-electron chi connectivity index (χ0n) is 18.9. The molecule has 0 aliphatic rings. The molecule has 0 spiro atoms.